The maximum Gasteiger partial charge on any atom is 0.160 e. The van der Waals surface area contributed by atoms with E-state index in [4.69, 9.17) is 10.6 Å². The van der Waals surface area contributed by atoms with Crippen LogP contribution in [-0.4, -0.2) is 9.94 Å². The van der Waals surface area contributed by atoms with Crippen molar-refractivity contribution >= 4 is 0 Å². The Hall–Kier alpha value is -1.32. The largest absolute Gasteiger partial charge is 0.427 e. The van der Waals surface area contributed by atoms with Gasteiger partial charge in [0.1, 0.15) is 5.82 Å². The summed E-state index contributed by atoms with van der Waals surface area (Å²) in [4.78, 5) is 0. The molecule has 2 N–H and O–H groups in total. The van der Waals surface area contributed by atoms with Crippen molar-refractivity contribution in [3.05, 3.63) is 29.6 Å². The van der Waals surface area contributed by atoms with Gasteiger partial charge in [-0.15, -0.1) is 0 Å². The molecule has 1 rings (SSSR count). The summed E-state index contributed by atoms with van der Waals surface area (Å²) in [7, 11) is 0. The number of hydrogen-bond donors (Lipinski definition) is 2. The average molecular weight is 128 g/mol. The zero-order valence-electron chi connectivity index (χ0n) is 4.50. The third-order valence-corrected chi connectivity index (χ3v) is 0.893. The van der Waals surface area contributed by atoms with Crippen molar-refractivity contribution in [2.24, 2.45) is 0 Å². The second-order valence-corrected chi connectivity index (χ2v) is 1.58. The lowest BCUT2D eigenvalue weighted by Crippen LogP contribution is -2.15. The quantitative estimate of drug-likeness (QED) is 0.486. The SMILES string of the molecule is N=c1ccc(F)cn1O. The van der Waals surface area contributed by atoms with Crippen LogP contribution in [0.15, 0.2) is 18.3 Å². The van der Waals surface area contributed by atoms with Crippen LogP contribution in [0.3, 0.4) is 0 Å². The molecule has 1 heterocycles. The van der Waals surface area contributed by atoms with Crippen molar-refractivity contribution in [1.29, 1.82) is 5.41 Å². The lowest BCUT2D eigenvalue weighted by atomic mass is 10.5. The molecule has 1 aromatic rings. The first-order valence-electron chi connectivity index (χ1n) is 2.32. The van der Waals surface area contributed by atoms with Crippen LogP contribution in [-0.2, 0) is 0 Å². The molecule has 48 valence electrons. The van der Waals surface area contributed by atoms with Gasteiger partial charge in [0.2, 0.25) is 0 Å². The van der Waals surface area contributed by atoms with Gasteiger partial charge in [-0.05, 0) is 12.1 Å². The van der Waals surface area contributed by atoms with E-state index in [2.05, 4.69) is 0 Å². The molecule has 0 aromatic carbocycles. The van der Waals surface area contributed by atoms with Gasteiger partial charge in [-0.2, -0.15) is 4.73 Å². The van der Waals surface area contributed by atoms with Crippen LogP contribution in [0.1, 0.15) is 0 Å². The highest BCUT2D eigenvalue weighted by atomic mass is 19.1. The van der Waals surface area contributed by atoms with E-state index in [1.165, 1.54) is 0 Å². The molecule has 0 bridgehead atoms. The molecule has 0 fully saturated rings. The van der Waals surface area contributed by atoms with Crippen molar-refractivity contribution < 1.29 is 9.60 Å². The van der Waals surface area contributed by atoms with Crippen molar-refractivity contribution in [3.63, 3.8) is 0 Å². The van der Waals surface area contributed by atoms with Crippen LogP contribution in [0.5, 0.6) is 0 Å². The molecule has 1 aromatic heterocycles. The number of aromatic nitrogens is 1. The zero-order chi connectivity index (χ0) is 6.85. The number of halogens is 1. The monoisotopic (exact) mass is 128 g/mol. The normalized spacial score (nSPS) is 9.44. The predicted octanol–water partition coefficient (Wildman–Crippen LogP) is 0.344. The molecule has 4 heteroatoms. The van der Waals surface area contributed by atoms with E-state index < -0.39 is 5.82 Å². The smallest absolute Gasteiger partial charge is 0.160 e. The summed E-state index contributed by atoms with van der Waals surface area (Å²) in [6.07, 6.45) is 0.822. The van der Waals surface area contributed by atoms with Crippen LogP contribution >= 0.6 is 0 Å². The molecule has 0 atom stereocenters. The first-order valence-corrected chi connectivity index (χ1v) is 2.32. The van der Waals surface area contributed by atoms with E-state index >= 15 is 0 Å². The Kier molecular flexibility index (Phi) is 1.22. The molecule has 9 heavy (non-hydrogen) atoms. The Morgan fingerprint density at radius 2 is 2.22 bits per heavy atom. The minimum atomic E-state index is -0.562. The fourth-order valence-electron chi connectivity index (χ4n) is 0.464. The van der Waals surface area contributed by atoms with Gasteiger partial charge >= 0.3 is 0 Å². The highest BCUT2D eigenvalue weighted by Crippen LogP contribution is 1.87. The summed E-state index contributed by atoms with van der Waals surface area (Å²) >= 11 is 0. The van der Waals surface area contributed by atoms with Gasteiger partial charge in [0.15, 0.2) is 5.49 Å². The second-order valence-electron chi connectivity index (χ2n) is 1.58. The first-order chi connectivity index (χ1) is 4.20. The highest BCUT2D eigenvalue weighted by Gasteiger charge is 1.89. The first kappa shape index (κ1) is 5.81. The summed E-state index contributed by atoms with van der Waals surface area (Å²) in [6.45, 7) is 0. The molecule has 0 aliphatic rings. The Labute approximate surface area is 50.5 Å². The summed E-state index contributed by atoms with van der Waals surface area (Å²) in [5.74, 6) is -0.562. The molecule has 0 amide bonds. The minimum absolute atomic E-state index is 0.142. The minimum Gasteiger partial charge on any atom is -0.427 e. The summed E-state index contributed by atoms with van der Waals surface area (Å²) in [6, 6.07) is 2.27. The van der Waals surface area contributed by atoms with Gasteiger partial charge in [-0.25, -0.2) is 4.39 Å². The Balaban J connectivity index is 3.34. The third kappa shape index (κ3) is 1.07. The molecule has 3 nitrogen and oxygen atoms in total. The average Bonchev–Trinajstić information content (AvgIpc) is 1.80. The zero-order valence-corrected chi connectivity index (χ0v) is 4.50. The molecule has 0 unspecified atom stereocenters. The van der Waals surface area contributed by atoms with E-state index in [9.17, 15) is 4.39 Å². The number of hydrogen-bond acceptors (Lipinski definition) is 2. The number of rotatable bonds is 0. The second kappa shape index (κ2) is 1.89. The molecule has 0 radical (unpaired) electrons. The number of pyridine rings is 1. The predicted molar refractivity (Wildman–Crippen MR) is 27.4 cm³/mol. The van der Waals surface area contributed by atoms with Crippen molar-refractivity contribution in [2.75, 3.05) is 0 Å². The van der Waals surface area contributed by atoms with Crippen LogP contribution in [0.4, 0.5) is 4.39 Å². The van der Waals surface area contributed by atoms with E-state index in [-0.39, 0.29) is 5.49 Å². The van der Waals surface area contributed by atoms with Crippen molar-refractivity contribution in [2.45, 2.75) is 0 Å². The van der Waals surface area contributed by atoms with E-state index in [1.54, 1.807) is 0 Å². The lowest BCUT2D eigenvalue weighted by Gasteiger charge is -1.93. The van der Waals surface area contributed by atoms with E-state index in [0.29, 0.717) is 4.73 Å². The van der Waals surface area contributed by atoms with Gasteiger partial charge in [-0.1, -0.05) is 0 Å². The Morgan fingerprint density at radius 1 is 1.56 bits per heavy atom. The summed E-state index contributed by atoms with van der Waals surface area (Å²) in [5.41, 5.74) is -0.142. The molecule has 0 aliphatic heterocycles. The Bertz CT molecular complexity index is 268. The standard InChI is InChI=1S/C5H5FN2O/c6-4-1-2-5(7)8(9)3-4/h1-3,7,9H. The molecule has 0 saturated carbocycles. The lowest BCUT2D eigenvalue weighted by molar-refractivity contribution is 0.166. The van der Waals surface area contributed by atoms with Gasteiger partial charge in [-0.3, -0.25) is 5.41 Å². The van der Waals surface area contributed by atoms with Gasteiger partial charge in [0.05, 0.1) is 6.20 Å². The number of nitrogens with one attached hydrogen (secondary N) is 1. The summed E-state index contributed by atoms with van der Waals surface area (Å²) in [5, 5.41) is 15.5. The highest BCUT2D eigenvalue weighted by molar-refractivity contribution is 4.92. The van der Waals surface area contributed by atoms with Crippen molar-refractivity contribution in [3.8, 4) is 0 Å². The third-order valence-electron chi connectivity index (χ3n) is 0.893. The fourth-order valence-corrected chi connectivity index (χ4v) is 0.464. The fraction of sp³-hybridized carbons (Fsp3) is 0. The van der Waals surface area contributed by atoms with Crippen LogP contribution in [0.2, 0.25) is 0 Å². The number of nitrogens with zero attached hydrogens (tertiary/aromatic N) is 1. The molecule has 0 aliphatic carbocycles. The van der Waals surface area contributed by atoms with Gasteiger partial charge < -0.3 is 5.21 Å². The van der Waals surface area contributed by atoms with Crippen LogP contribution in [0, 0.1) is 11.2 Å². The Morgan fingerprint density at radius 3 is 2.67 bits per heavy atom. The molecular weight excluding hydrogens is 123 g/mol. The maximum absolute atomic E-state index is 12.1. The van der Waals surface area contributed by atoms with Gasteiger partial charge in [0.25, 0.3) is 0 Å². The molecule has 0 spiro atoms. The molecular formula is C5H5FN2O. The van der Waals surface area contributed by atoms with Crippen LogP contribution < -0.4 is 5.49 Å². The summed E-state index contributed by atoms with van der Waals surface area (Å²) < 4.78 is 12.5. The topological polar surface area (TPSA) is 49.0 Å². The van der Waals surface area contributed by atoms with Gasteiger partial charge in [0, 0.05) is 0 Å². The maximum atomic E-state index is 12.1. The van der Waals surface area contributed by atoms with E-state index in [0.717, 1.165) is 18.3 Å². The molecule has 0 saturated heterocycles. The van der Waals surface area contributed by atoms with Crippen LogP contribution in [0.25, 0.3) is 0 Å². The van der Waals surface area contributed by atoms with Crippen molar-refractivity contribution in [1.82, 2.24) is 4.73 Å². The van der Waals surface area contributed by atoms with E-state index in [1.807, 2.05) is 0 Å².